The highest BCUT2D eigenvalue weighted by Crippen LogP contribution is 2.17. The molecule has 3 aromatic rings. The average molecular weight is 284 g/mol. The van der Waals surface area contributed by atoms with Crippen molar-refractivity contribution in [2.45, 2.75) is 6.54 Å². The zero-order valence-corrected chi connectivity index (χ0v) is 10.8. The van der Waals surface area contributed by atoms with Crippen LogP contribution in [0.15, 0.2) is 36.4 Å². The SMILES string of the molecule is N#Cc1ccc2nc(NCc3ccc(F)cc3F)[nH]c2c1. The van der Waals surface area contributed by atoms with Crippen LogP contribution in [0, 0.1) is 23.0 Å². The van der Waals surface area contributed by atoms with Crippen molar-refractivity contribution >= 4 is 17.0 Å². The average Bonchev–Trinajstić information content (AvgIpc) is 2.88. The summed E-state index contributed by atoms with van der Waals surface area (Å²) < 4.78 is 26.3. The van der Waals surface area contributed by atoms with Gasteiger partial charge in [0.05, 0.1) is 22.7 Å². The second-order valence-corrected chi connectivity index (χ2v) is 4.52. The molecule has 0 aliphatic heterocycles. The Morgan fingerprint density at radius 1 is 1.19 bits per heavy atom. The molecule has 0 aliphatic carbocycles. The number of nitriles is 1. The number of anilines is 1. The molecule has 0 saturated heterocycles. The minimum absolute atomic E-state index is 0.178. The largest absolute Gasteiger partial charge is 0.352 e. The number of fused-ring (bicyclic) bond motifs is 1. The van der Waals surface area contributed by atoms with Gasteiger partial charge in [-0.05, 0) is 24.3 Å². The van der Waals surface area contributed by atoms with Gasteiger partial charge in [-0.1, -0.05) is 6.07 Å². The minimum atomic E-state index is -0.607. The topological polar surface area (TPSA) is 64.5 Å². The van der Waals surface area contributed by atoms with Crippen LogP contribution in [0.3, 0.4) is 0 Å². The number of hydrogen-bond donors (Lipinski definition) is 2. The Morgan fingerprint density at radius 2 is 2.05 bits per heavy atom. The van der Waals surface area contributed by atoms with Crippen molar-refractivity contribution in [3.63, 3.8) is 0 Å². The molecule has 1 heterocycles. The number of benzene rings is 2. The van der Waals surface area contributed by atoms with E-state index in [9.17, 15) is 8.78 Å². The normalized spacial score (nSPS) is 10.5. The van der Waals surface area contributed by atoms with Gasteiger partial charge in [0.2, 0.25) is 5.95 Å². The van der Waals surface area contributed by atoms with Crippen LogP contribution in [0.2, 0.25) is 0 Å². The van der Waals surface area contributed by atoms with Crippen molar-refractivity contribution in [3.05, 3.63) is 59.2 Å². The smallest absolute Gasteiger partial charge is 0.201 e. The number of imidazole rings is 1. The van der Waals surface area contributed by atoms with Crippen molar-refractivity contribution < 1.29 is 8.78 Å². The number of nitrogens with zero attached hydrogens (tertiary/aromatic N) is 2. The van der Waals surface area contributed by atoms with E-state index in [2.05, 4.69) is 15.3 Å². The molecule has 104 valence electrons. The van der Waals surface area contributed by atoms with E-state index in [0.29, 0.717) is 22.6 Å². The molecule has 0 fully saturated rings. The predicted molar refractivity (Wildman–Crippen MR) is 74.5 cm³/mol. The molecule has 0 radical (unpaired) electrons. The van der Waals surface area contributed by atoms with E-state index in [1.54, 1.807) is 18.2 Å². The lowest BCUT2D eigenvalue weighted by Gasteiger charge is -2.04. The lowest BCUT2D eigenvalue weighted by atomic mass is 10.2. The van der Waals surface area contributed by atoms with Crippen LogP contribution in [-0.4, -0.2) is 9.97 Å². The van der Waals surface area contributed by atoms with Gasteiger partial charge in [0.15, 0.2) is 0 Å². The first-order valence-corrected chi connectivity index (χ1v) is 6.23. The predicted octanol–water partition coefficient (Wildman–Crippen LogP) is 3.32. The van der Waals surface area contributed by atoms with Crippen molar-refractivity contribution in [2.75, 3.05) is 5.32 Å². The van der Waals surface area contributed by atoms with Gasteiger partial charge < -0.3 is 10.3 Å². The number of rotatable bonds is 3. The number of aromatic amines is 1. The third kappa shape index (κ3) is 2.67. The summed E-state index contributed by atoms with van der Waals surface area (Å²) in [6, 6.07) is 10.6. The zero-order chi connectivity index (χ0) is 14.8. The van der Waals surface area contributed by atoms with Crippen LogP contribution in [0.25, 0.3) is 11.0 Å². The fraction of sp³-hybridized carbons (Fsp3) is 0.0667. The monoisotopic (exact) mass is 284 g/mol. The summed E-state index contributed by atoms with van der Waals surface area (Å²) in [5.41, 5.74) is 2.30. The molecule has 0 bridgehead atoms. The summed E-state index contributed by atoms with van der Waals surface area (Å²) in [4.78, 5) is 7.28. The number of halogens is 2. The van der Waals surface area contributed by atoms with Gasteiger partial charge in [-0.2, -0.15) is 5.26 Å². The maximum Gasteiger partial charge on any atom is 0.201 e. The summed E-state index contributed by atoms with van der Waals surface area (Å²) in [6.45, 7) is 0.178. The maximum atomic E-state index is 13.5. The second kappa shape index (κ2) is 5.21. The maximum absolute atomic E-state index is 13.5. The first-order valence-electron chi connectivity index (χ1n) is 6.23. The lowest BCUT2D eigenvalue weighted by Crippen LogP contribution is -2.03. The molecular formula is C15H10F2N4. The molecule has 6 heteroatoms. The molecule has 2 N–H and O–H groups in total. The van der Waals surface area contributed by atoms with Gasteiger partial charge >= 0.3 is 0 Å². The van der Waals surface area contributed by atoms with E-state index in [0.717, 1.165) is 11.6 Å². The van der Waals surface area contributed by atoms with Crippen LogP contribution in [0.4, 0.5) is 14.7 Å². The molecular weight excluding hydrogens is 274 g/mol. The molecule has 0 aliphatic rings. The van der Waals surface area contributed by atoms with Gasteiger partial charge in [0, 0.05) is 18.2 Å². The quantitative estimate of drug-likeness (QED) is 0.775. The fourth-order valence-corrected chi connectivity index (χ4v) is 2.01. The highest BCUT2D eigenvalue weighted by Gasteiger charge is 2.06. The Kier molecular flexibility index (Phi) is 3.24. The van der Waals surface area contributed by atoms with Crippen molar-refractivity contribution in [3.8, 4) is 6.07 Å². The molecule has 0 amide bonds. The number of H-pyrrole nitrogens is 1. The van der Waals surface area contributed by atoms with Gasteiger partial charge in [-0.25, -0.2) is 13.8 Å². The second-order valence-electron chi connectivity index (χ2n) is 4.52. The highest BCUT2D eigenvalue weighted by molar-refractivity contribution is 5.78. The van der Waals surface area contributed by atoms with Crippen LogP contribution in [0.5, 0.6) is 0 Å². The summed E-state index contributed by atoms with van der Waals surface area (Å²) in [5.74, 6) is -0.752. The Hall–Kier alpha value is -2.94. The lowest BCUT2D eigenvalue weighted by molar-refractivity contribution is 0.574. The Morgan fingerprint density at radius 3 is 2.81 bits per heavy atom. The first-order chi connectivity index (χ1) is 10.2. The third-order valence-corrected chi connectivity index (χ3v) is 3.07. The van der Waals surface area contributed by atoms with Crippen LogP contribution in [-0.2, 0) is 6.54 Å². The Bertz CT molecular complexity index is 848. The van der Waals surface area contributed by atoms with E-state index in [1.807, 2.05) is 6.07 Å². The van der Waals surface area contributed by atoms with Crippen molar-refractivity contribution in [1.82, 2.24) is 9.97 Å². The first kappa shape index (κ1) is 13.1. The molecule has 1 aromatic heterocycles. The van der Waals surface area contributed by atoms with E-state index in [4.69, 9.17) is 5.26 Å². The standard InChI is InChI=1S/C15H10F2N4/c16-11-3-2-10(12(17)6-11)8-19-15-20-13-4-1-9(7-18)5-14(13)21-15/h1-6H,8H2,(H2,19,20,21). The van der Waals surface area contributed by atoms with E-state index < -0.39 is 11.6 Å². The van der Waals surface area contributed by atoms with E-state index in [1.165, 1.54) is 12.1 Å². The highest BCUT2D eigenvalue weighted by atomic mass is 19.1. The molecule has 0 saturated carbocycles. The van der Waals surface area contributed by atoms with Crippen LogP contribution >= 0.6 is 0 Å². The van der Waals surface area contributed by atoms with Gasteiger partial charge in [-0.15, -0.1) is 0 Å². The van der Waals surface area contributed by atoms with Crippen LogP contribution < -0.4 is 5.32 Å². The number of nitrogens with one attached hydrogen (secondary N) is 2. The summed E-state index contributed by atoms with van der Waals surface area (Å²) in [6.07, 6.45) is 0. The van der Waals surface area contributed by atoms with Crippen molar-refractivity contribution in [2.24, 2.45) is 0 Å². The van der Waals surface area contributed by atoms with E-state index in [-0.39, 0.29) is 6.54 Å². The van der Waals surface area contributed by atoms with E-state index >= 15 is 0 Å². The molecule has 0 unspecified atom stereocenters. The molecule has 0 atom stereocenters. The molecule has 0 spiro atoms. The summed E-state index contributed by atoms with van der Waals surface area (Å²) >= 11 is 0. The molecule has 3 rings (SSSR count). The number of aromatic nitrogens is 2. The summed E-state index contributed by atoms with van der Waals surface area (Å²) in [5, 5.41) is 11.8. The molecule has 21 heavy (non-hydrogen) atoms. The third-order valence-electron chi connectivity index (χ3n) is 3.07. The molecule has 4 nitrogen and oxygen atoms in total. The zero-order valence-electron chi connectivity index (χ0n) is 10.8. The van der Waals surface area contributed by atoms with Gasteiger partial charge in [-0.3, -0.25) is 0 Å². The fourth-order valence-electron chi connectivity index (χ4n) is 2.01. The van der Waals surface area contributed by atoms with Gasteiger partial charge in [0.25, 0.3) is 0 Å². The summed E-state index contributed by atoms with van der Waals surface area (Å²) in [7, 11) is 0. The molecule has 2 aromatic carbocycles. The minimum Gasteiger partial charge on any atom is -0.352 e. The Labute approximate surface area is 119 Å². The van der Waals surface area contributed by atoms with Crippen LogP contribution in [0.1, 0.15) is 11.1 Å². The Balaban J connectivity index is 1.80. The van der Waals surface area contributed by atoms with Gasteiger partial charge in [0.1, 0.15) is 11.6 Å². The number of hydrogen-bond acceptors (Lipinski definition) is 3. The van der Waals surface area contributed by atoms with Crippen molar-refractivity contribution in [1.29, 1.82) is 5.26 Å².